The number of allylic oxidation sites excluding steroid dienone is 2. The molecule has 1 aliphatic carbocycles. The molecule has 0 amide bonds. The number of carbonyl (C=O) groups excluding carboxylic acids is 1. The summed E-state index contributed by atoms with van der Waals surface area (Å²) in [5, 5.41) is 0.159. The van der Waals surface area contributed by atoms with Crippen LogP contribution in [0.5, 0.6) is 0 Å². The van der Waals surface area contributed by atoms with Gasteiger partial charge in [0.25, 0.3) is 0 Å². The summed E-state index contributed by atoms with van der Waals surface area (Å²) in [5.74, 6) is 2.08. The molecule has 0 radical (unpaired) electrons. The fourth-order valence-corrected chi connectivity index (χ4v) is 26.1. The van der Waals surface area contributed by atoms with Crippen molar-refractivity contribution in [2.24, 2.45) is 5.92 Å². The van der Waals surface area contributed by atoms with Gasteiger partial charge in [-0.05, 0) is 0 Å². The number of unbranched alkanes of at least 4 members (excludes halogenated alkanes) is 5. The van der Waals surface area contributed by atoms with E-state index in [9.17, 15) is 4.79 Å². The average molecular weight is 600 g/mol. The molecule has 4 heteroatoms. The first kappa shape index (κ1) is 32.3. The Morgan fingerprint density at radius 3 is 1.82 bits per heavy atom. The summed E-state index contributed by atoms with van der Waals surface area (Å²) >= 11 is -2.58. The third-order valence-electron chi connectivity index (χ3n) is 8.90. The molecule has 0 aliphatic heterocycles. The van der Waals surface area contributed by atoms with Crippen LogP contribution in [0.1, 0.15) is 126 Å². The van der Waals surface area contributed by atoms with Gasteiger partial charge in [-0.1, -0.05) is 0 Å². The van der Waals surface area contributed by atoms with Gasteiger partial charge in [0.1, 0.15) is 0 Å². The summed E-state index contributed by atoms with van der Waals surface area (Å²) in [6.45, 7) is 21.0. The van der Waals surface area contributed by atoms with Crippen LogP contribution in [-0.2, 0) is 9.22 Å². The van der Waals surface area contributed by atoms with Gasteiger partial charge in [-0.15, -0.1) is 0 Å². The van der Waals surface area contributed by atoms with E-state index >= 15 is 0 Å². The van der Waals surface area contributed by atoms with E-state index in [1.165, 1.54) is 77.5 Å². The summed E-state index contributed by atoms with van der Waals surface area (Å²) in [4.78, 5) is 13.3. The summed E-state index contributed by atoms with van der Waals surface area (Å²) in [6.07, 6.45) is 17.2. The van der Waals surface area contributed by atoms with Crippen LogP contribution >= 0.6 is 0 Å². The molecule has 0 bridgehead atoms. The van der Waals surface area contributed by atoms with Crippen LogP contribution in [0, 0.1) is 5.92 Å². The minimum absolute atomic E-state index is 0.159. The van der Waals surface area contributed by atoms with Gasteiger partial charge in [0.15, 0.2) is 0 Å². The Morgan fingerprint density at radius 2 is 1.38 bits per heavy atom. The topological polar surface area (TPSA) is 26.3 Å². The third kappa shape index (κ3) is 9.94. The van der Waals surface area contributed by atoms with Crippen molar-refractivity contribution in [3.8, 4) is 0 Å². The Labute approximate surface area is 219 Å². The Bertz CT molecular complexity index is 598. The van der Waals surface area contributed by atoms with Gasteiger partial charge in [0.2, 0.25) is 0 Å². The first-order chi connectivity index (χ1) is 16.0. The first-order valence-electron chi connectivity index (χ1n) is 14.9. The van der Waals surface area contributed by atoms with Crippen molar-refractivity contribution in [2.45, 2.75) is 161 Å². The standard InChI is InChI=1S/C18H33O2Si.3C4H9.Sn/c1-7-8-9-10-15-11-12-17(14-16(19)13-15)20-21(5,6)18(2,3)4;3*1-3-4-2;/h11-12,15H,7-10,13-14H2,1-6H3;3*1,3-4H2,2H3;/t15-;;;;/m0..../s1. The van der Waals surface area contributed by atoms with Crippen molar-refractivity contribution in [3.63, 3.8) is 0 Å². The molecule has 0 saturated heterocycles. The molecule has 0 spiro atoms. The molecule has 0 fully saturated rings. The molecule has 0 aromatic carbocycles. The van der Waals surface area contributed by atoms with Crippen LogP contribution in [0.15, 0.2) is 11.8 Å². The molecular weight excluding hydrogens is 539 g/mol. The zero-order valence-electron chi connectivity index (χ0n) is 24.7. The fourth-order valence-electron chi connectivity index (χ4n) is 5.71. The van der Waals surface area contributed by atoms with Crippen molar-refractivity contribution in [3.05, 3.63) is 11.8 Å². The average Bonchev–Trinajstić information content (AvgIpc) is 2.91. The van der Waals surface area contributed by atoms with Gasteiger partial charge in [-0.2, -0.15) is 0 Å². The van der Waals surface area contributed by atoms with Crippen LogP contribution in [0.4, 0.5) is 0 Å². The van der Waals surface area contributed by atoms with Gasteiger partial charge in [0.05, 0.1) is 0 Å². The molecule has 0 saturated carbocycles. The first-order valence-corrected chi connectivity index (χ1v) is 25.5. The summed E-state index contributed by atoms with van der Waals surface area (Å²) < 4.78 is 12.1. The van der Waals surface area contributed by atoms with Gasteiger partial charge in [0, 0.05) is 0 Å². The molecule has 2 nitrogen and oxygen atoms in total. The molecule has 1 aliphatic rings. The third-order valence-corrected chi connectivity index (χ3v) is 30.7. The summed E-state index contributed by atoms with van der Waals surface area (Å²) in [5.41, 5.74) is 0. The predicted molar refractivity (Wildman–Crippen MR) is 157 cm³/mol. The van der Waals surface area contributed by atoms with Crippen LogP contribution in [0.2, 0.25) is 35.4 Å². The molecule has 0 aromatic rings. The molecule has 0 heterocycles. The van der Waals surface area contributed by atoms with E-state index in [0.717, 1.165) is 12.2 Å². The Hall–Kier alpha value is 0.226. The number of carbonyl (C=O) groups is 1. The van der Waals surface area contributed by atoms with Crippen molar-refractivity contribution < 1.29 is 9.22 Å². The van der Waals surface area contributed by atoms with Gasteiger partial charge in [-0.25, -0.2) is 0 Å². The van der Waals surface area contributed by atoms with E-state index in [0.29, 0.717) is 22.1 Å². The predicted octanol–water partition coefficient (Wildman–Crippen LogP) is 10.7. The molecule has 1 rings (SSSR count). The number of hydrogen-bond donors (Lipinski definition) is 0. The van der Waals surface area contributed by atoms with E-state index in [-0.39, 0.29) is 5.04 Å². The van der Waals surface area contributed by atoms with E-state index in [1.54, 1.807) is 0 Å². The molecule has 200 valence electrons. The van der Waals surface area contributed by atoms with E-state index in [2.05, 4.69) is 67.6 Å². The number of Topliss-reactive ketones (excluding diaryl/α,β-unsaturated/α-hetero) is 1. The second-order valence-electron chi connectivity index (χ2n) is 12.9. The van der Waals surface area contributed by atoms with Crippen molar-refractivity contribution >= 4 is 32.5 Å². The minimum atomic E-state index is -2.58. The van der Waals surface area contributed by atoms with Crippen molar-refractivity contribution in [2.75, 3.05) is 0 Å². The zero-order chi connectivity index (χ0) is 25.8. The van der Waals surface area contributed by atoms with E-state index in [1.807, 2.05) is 0 Å². The summed E-state index contributed by atoms with van der Waals surface area (Å²) in [6, 6.07) is 0. The van der Waals surface area contributed by atoms with Crippen LogP contribution in [0.25, 0.3) is 0 Å². The van der Waals surface area contributed by atoms with Crippen molar-refractivity contribution in [1.82, 2.24) is 0 Å². The maximum absolute atomic E-state index is 13.3. The monoisotopic (exact) mass is 600 g/mol. The maximum atomic E-state index is 13.3. The van der Waals surface area contributed by atoms with Gasteiger partial charge in [-0.3, -0.25) is 0 Å². The van der Waals surface area contributed by atoms with E-state index in [4.69, 9.17) is 4.43 Å². The molecule has 0 aromatic heterocycles. The summed E-state index contributed by atoms with van der Waals surface area (Å²) in [7, 11) is -1.96. The zero-order valence-corrected chi connectivity index (χ0v) is 28.5. The molecule has 0 unspecified atom stereocenters. The molecule has 2 atom stereocenters. The van der Waals surface area contributed by atoms with Crippen LogP contribution in [0.3, 0.4) is 0 Å². The molecular formula is C30H60O2SiSn. The number of hydrogen-bond acceptors (Lipinski definition) is 2. The molecule has 0 N–H and O–H groups in total. The Kier molecular flexibility index (Phi) is 14.7. The normalized spacial score (nSPS) is 20.3. The molecule has 34 heavy (non-hydrogen) atoms. The second-order valence-corrected chi connectivity index (χ2v) is 31.6. The Morgan fingerprint density at radius 1 is 0.882 bits per heavy atom. The second kappa shape index (κ2) is 15.5. The quantitative estimate of drug-likeness (QED) is 0.130. The fraction of sp³-hybridized carbons (Fsp3) is 0.900. The van der Waals surface area contributed by atoms with Crippen LogP contribution < -0.4 is 0 Å². The van der Waals surface area contributed by atoms with Crippen molar-refractivity contribution in [1.29, 1.82) is 0 Å². The van der Waals surface area contributed by atoms with E-state index < -0.39 is 26.7 Å². The van der Waals surface area contributed by atoms with Gasteiger partial charge < -0.3 is 0 Å². The Balaban J connectivity index is 3.55. The SMILES string of the molecule is CCCCC[C@@H]1CC(=O)CC(O[Si](C)(C)C(C)(C)C)=C[C@H]1[Sn]([CH2]CCC)([CH2]CCC)[CH2]CCC. The number of rotatable bonds is 16. The van der Waals surface area contributed by atoms with Crippen LogP contribution in [-0.4, -0.2) is 32.5 Å². The van der Waals surface area contributed by atoms with Gasteiger partial charge >= 0.3 is 220 Å². The number of ketones is 1.